The number of nitrogens with one attached hydrogen (secondary N) is 1. The second-order valence-electron chi connectivity index (χ2n) is 4.94. The molecule has 0 spiro atoms. The summed E-state index contributed by atoms with van der Waals surface area (Å²) in [4.78, 5) is 13.6. The minimum Gasteiger partial charge on any atom is -0.389 e. The standard InChI is InChI=1S/C14H22N2O2/c1-4-16(11-14(2,3)18)13(17)10-15-12-8-6-5-7-9-12/h5-9,15,18H,4,10-11H2,1-3H3. The van der Waals surface area contributed by atoms with Crippen molar-refractivity contribution in [3.8, 4) is 0 Å². The molecule has 1 rings (SSSR count). The molecule has 0 radical (unpaired) electrons. The third kappa shape index (κ3) is 5.19. The molecule has 0 aromatic heterocycles. The fraction of sp³-hybridized carbons (Fsp3) is 0.500. The van der Waals surface area contributed by atoms with E-state index < -0.39 is 5.60 Å². The van der Waals surface area contributed by atoms with E-state index in [1.54, 1.807) is 18.7 Å². The van der Waals surface area contributed by atoms with Gasteiger partial charge in [0, 0.05) is 18.8 Å². The van der Waals surface area contributed by atoms with Gasteiger partial charge < -0.3 is 15.3 Å². The minimum absolute atomic E-state index is 0.0107. The zero-order chi connectivity index (χ0) is 13.6. The molecule has 0 bridgehead atoms. The predicted molar refractivity (Wildman–Crippen MR) is 73.5 cm³/mol. The molecule has 1 aromatic rings. The number of rotatable bonds is 6. The summed E-state index contributed by atoms with van der Waals surface area (Å²) >= 11 is 0. The van der Waals surface area contributed by atoms with Gasteiger partial charge in [-0.15, -0.1) is 0 Å². The molecule has 0 heterocycles. The van der Waals surface area contributed by atoms with Crippen LogP contribution in [0.3, 0.4) is 0 Å². The van der Waals surface area contributed by atoms with Crippen molar-refractivity contribution in [2.45, 2.75) is 26.4 Å². The molecule has 1 amide bonds. The third-order valence-electron chi connectivity index (χ3n) is 2.53. The fourth-order valence-electron chi connectivity index (χ4n) is 1.69. The second kappa shape index (κ2) is 6.40. The molecule has 4 heteroatoms. The first-order valence-corrected chi connectivity index (χ1v) is 6.21. The molecule has 18 heavy (non-hydrogen) atoms. The largest absolute Gasteiger partial charge is 0.389 e. The Morgan fingerprint density at radius 1 is 1.33 bits per heavy atom. The van der Waals surface area contributed by atoms with Gasteiger partial charge in [-0.05, 0) is 32.9 Å². The van der Waals surface area contributed by atoms with Gasteiger partial charge in [-0.25, -0.2) is 0 Å². The van der Waals surface area contributed by atoms with Crippen LogP contribution in [0.1, 0.15) is 20.8 Å². The molecule has 0 saturated carbocycles. The Morgan fingerprint density at radius 2 is 1.94 bits per heavy atom. The van der Waals surface area contributed by atoms with Crippen LogP contribution < -0.4 is 5.32 Å². The number of amides is 1. The SMILES string of the molecule is CCN(CC(C)(C)O)C(=O)CNc1ccccc1. The van der Waals surface area contributed by atoms with Gasteiger partial charge in [0.15, 0.2) is 0 Å². The average Bonchev–Trinajstić information content (AvgIpc) is 2.33. The topological polar surface area (TPSA) is 52.6 Å². The van der Waals surface area contributed by atoms with Crippen LogP contribution in [0.25, 0.3) is 0 Å². The molecule has 0 saturated heterocycles. The second-order valence-corrected chi connectivity index (χ2v) is 4.94. The van der Waals surface area contributed by atoms with Gasteiger partial charge >= 0.3 is 0 Å². The normalized spacial score (nSPS) is 11.1. The van der Waals surface area contributed by atoms with Gasteiger partial charge in [-0.2, -0.15) is 0 Å². The van der Waals surface area contributed by atoms with Crippen LogP contribution in [-0.2, 0) is 4.79 Å². The molecular formula is C14H22N2O2. The number of carbonyl (C=O) groups is 1. The van der Waals surface area contributed by atoms with Crippen LogP contribution in [0.2, 0.25) is 0 Å². The lowest BCUT2D eigenvalue weighted by molar-refractivity contribution is -0.132. The van der Waals surface area contributed by atoms with Gasteiger partial charge in [-0.3, -0.25) is 4.79 Å². The molecule has 0 aliphatic carbocycles. The Labute approximate surface area is 109 Å². The summed E-state index contributed by atoms with van der Waals surface area (Å²) in [5.41, 5.74) is 0.0588. The Kier molecular flexibility index (Phi) is 5.16. The van der Waals surface area contributed by atoms with E-state index in [2.05, 4.69) is 5.32 Å². The van der Waals surface area contributed by atoms with Crippen molar-refractivity contribution >= 4 is 11.6 Å². The zero-order valence-corrected chi connectivity index (χ0v) is 11.3. The van der Waals surface area contributed by atoms with E-state index in [0.29, 0.717) is 13.1 Å². The molecule has 0 aliphatic rings. The number of para-hydroxylation sites is 1. The van der Waals surface area contributed by atoms with E-state index in [4.69, 9.17) is 0 Å². The lowest BCUT2D eigenvalue weighted by Gasteiger charge is -2.28. The highest BCUT2D eigenvalue weighted by Crippen LogP contribution is 2.07. The predicted octanol–water partition coefficient (Wildman–Crippen LogP) is 1.72. The zero-order valence-electron chi connectivity index (χ0n) is 11.3. The quantitative estimate of drug-likeness (QED) is 0.808. The van der Waals surface area contributed by atoms with Crippen LogP contribution in [-0.4, -0.2) is 41.1 Å². The van der Waals surface area contributed by atoms with E-state index in [1.165, 1.54) is 0 Å². The van der Waals surface area contributed by atoms with Gasteiger partial charge in [0.25, 0.3) is 0 Å². The Bertz CT molecular complexity index is 371. The summed E-state index contributed by atoms with van der Waals surface area (Å²) in [6, 6.07) is 9.60. The number of aliphatic hydroxyl groups is 1. The van der Waals surface area contributed by atoms with Gasteiger partial charge in [-0.1, -0.05) is 18.2 Å². The average molecular weight is 250 g/mol. The number of hydrogen-bond donors (Lipinski definition) is 2. The van der Waals surface area contributed by atoms with Crippen molar-refractivity contribution in [2.75, 3.05) is 25.0 Å². The van der Waals surface area contributed by atoms with Crippen molar-refractivity contribution in [3.05, 3.63) is 30.3 Å². The van der Waals surface area contributed by atoms with Crippen LogP contribution in [0, 0.1) is 0 Å². The lowest BCUT2D eigenvalue weighted by atomic mass is 10.1. The monoisotopic (exact) mass is 250 g/mol. The van der Waals surface area contributed by atoms with Gasteiger partial charge in [0.05, 0.1) is 12.1 Å². The number of hydrogen-bond acceptors (Lipinski definition) is 3. The Balaban J connectivity index is 2.48. The minimum atomic E-state index is -0.863. The summed E-state index contributed by atoms with van der Waals surface area (Å²) in [5.74, 6) is -0.0107. The third-order valence-corrected chi connectivity index (χ3v) is 2.53. The molecule has 0 aliphatic heterocycles. The van der Waals surface area contributed by atoms with E-state index in [1.807, 2.05) is 37.3 Å². The molecule has 1 aromatic carbocycles. The van der Waals surface area contributed by atoms with Crippen LogP contribution >= 0.6 is 0 Å². The maximum absolute atomic E-state index is 12.0. The number of benzene rings is 1. The summed E-state index contributed by atoms with van der Waals surface area (Å²) in [6.45, 7) is 6.50. The van der Waals surface area contributed by atoms with Crippen LogP contribution in [0.15, 0.2) is 30.3 Å². The molecule has 100 valence electrons. The highest BCUT2D eigenvalue weighted by molar-refractivity contribution is 5.80. The van der Waals surface area contributed by atoms with E-state index in [-0.39, 0.29) is 12.5 Å². The molecule has 0 unspecified atom stereocenters. The van der Waals surface area contributed by atoms with E-state index in [0.717, 1.165) is 5.69 Å². The highest BCUT2D eigenvalue weighted by Gasteiger charge is 2.20. The smallest absolute Gasteiger partial charge is 0.241 e. The first-order chi connectivity index (χ1) is 8.42. The van der Waals surface area contributed by atoms with Crippen molar-refractivity contribution in [2.24, 2.45) is 0 Å². The molecule has 2 N–H and O–H groups in total. The number of likely N-dealkylation sites (N-methyl/N-ethyl adjacent to an activating group) is 1. The summed E-state index contributed by atoms with van der Waals surface area (Å²) < 4.78 is 0. The van der Waals surface area contributed by atoms with Crippen LogP contribution in [0.4, 0.5) is 5.69 Å². The van der Waals surface area contributed by atoms with Crippen molar-refractivity contribution in [1.29, 1.82) is 0 Å². The van der Waals surface area contributed by atoms with Crippen LogP contribution in [0.5, 0.6) is 0 Å². The number of anilines is 1. The Morgan fingerprint density at radius 3 is 2.44 bits per heavy atom. The Hall–Kier alpha value is -1.55. The van der Waals surface area contributed by atoms with Gasteiger partial charge in [0.1, 0.15) is 0 Å². The summed E-state index contributed by atoms with van der Waals surface area (Å²) in [6.07, 6.45) is 0. The van der Waals surface area contributed by atoms with E-state index >= 15 is 0 Å². The van der Waals surface area contributed by atoms with Crippen molar-refractivity contribution in [3.63, 3.8) is 0 Å². The molecule has 4 nitrogen and oxygen atoms in total. The lowest BCUT2D eigenvalue weighted by Crippen LogP contribution is -2.44. The summed E-state index contributed by atoms with van der Waals surface area (Å²) in [5, 5.41) is 12.8. The van der Waals surface area contributed by atoms with Gasteiger partial charge in [0.2, 0.25) is 5.91 Å². The maximum Gasteiger partial charge on any atom is 0.241 e. The maximum atomic E-state index is 12.0. The number of carbonyl (C=O) groups excluding carboxylic acids is 1. The molecule has 0 atom stereocenters. The summed E-state index contributed by atoms with van der Waals surface area (Å²) in [7, 11) is 0. The van der Waals surface area contributed by atoms with Crippen molar-refractivity contribution in [1.82, 2.24) is 4.90 Å². The van der Waals surface area contributed by atoms with E-state index in [9.17, 15) is 9.90 Å². The first kappa shape index (κ1) is 14.5. The fourth-order valence-corrected chi connectivity index (χ4v) is 1.69. The first-order valence-electron chi connectivity index (χ1n) is 6.21. The molecular weight excluding hydrogens is 228 g/mol. The number of nitrogens with zero attached hydrogens (tertiary/aromatic N) is 1. The van der Waals surface area contributed by atoms with Crippen molar-refractivity contribution < 1.29 is 9.90 Å². The molecule has 0 fully saturated rings. The highest BCUT2D eigenvalue weighted by atomic mass is 16.3.